The van der Waals surface area contributed by atoms with E-state index in [0.717, 1.165) is 23.6 Å². The molecule has 0 amide bonds. The summed E-state index contributed by atoms with van der Waals surface area (Å²) >= 11 is 18.5. The topological polar surface area (TPSA) is 48.8 Å². The van der Waals surface area contributed by atoms with Gasteiger partial charge in [-0.2, -0.15) is 13.2 Å². The number of rotatable bonds is 8. The molecular weight excluding hydrogens is 626 g/mol. The smallest absolute Gasteiger partial charge is 0.417 e. The Kier molecular flexibility index (Phi) is 8.65. The number of aromatic nitrogens is 2. The monoisotopic (exact) mass is 651 g/mol. The summed E-state index contributed by atoms with van der Waals surface area (Å²) < 4.78 is 60.6. The lowest BCUT2D eigenvalue weighted by Crippen LogP contribution is -2.34. The summed E-state index contributed by atoms with van der Waals surface area (Å²) in [7, 11) is 0. The molecule has 0 bridgehead atoms. The van der Waals surface area contributed by atoms with Gasteiger partial charge in [0.2, 0.25) is 5.79 Å². The standard InChI is InChI=1S/C31H27Cl3F3N3O3/c32-23-3-5-26(29(34)13-23)30(18-40-10-8-38-19-40)42-17-25(43-30)16-41-24-4-2-22-15-39(9-7-21(22)12-24)14-20-1-6-28(33)27(11-20)31(35,36)37/h1-6,8,10-13,19,25H,7,9,14-18H2. The van der Waals surface area contributed by atoms with Gasteiger partial charge in [0.1, 0.15) is 18.5 Å². The average molecular weight is 653 g/mol. The Hall–Kier alpha value is -2.79. The van der Waals surface area contributed by atoms with Crippen LogP contribution >= 0.6 is 34.8 Å². The van der Waals surface area contributed by atoms with Crippen molar-refractivity contribution in [3.63, 3.8) is 0 Å². The molecule has 4 aromatic rings. The van der Waals surface area contributed by atoms with Gasteiger partial charge in [-0.15, -0.1) is 0 Å². The van der Waals surface area contributed by atoms with E-state index in [1.807, 2.05) is 29.0 Å². The molecule has 1 saturated heterocycles. The summed E-state index contributed by atoms with van der Waals surface area (Å²) in [5.74, 6) is -0.430. The molecule has 2 aliphatic rings. The molecule has 6 rings (SSSR count). The van der Waals surface area contributed by atoms with Crippen molar-refractivity contribution >= 4 is 34.8 Å². The van der Waals surface area contributed by atoms with E-state index in [2.05, 4.69) is 9.88 Å². The van der Waals surface area contributed by atoms with Crippen LogP contribution in [0.15, 0.2) is 73.3 Å². The number of nitrogens with zero attached hydrogens (tertiary/aromatic N) is 3. The molecule has 0 saturated carbocycles. The maximum Gasteiger partial charge on any atom is 0.417 e. The first-order valence-electron chi connectivity index (χ1n) is 13.6. The van der Waals surface area contributed by atoms with Crippen molar-refractivity contribution in [2.45, 2.75) is 44.1 Å². The van der Waals surface area contributed by atoms with Crippen molar-refractivity contribution in [3.05, 3.63) is 116 Å². The molecule has 0 N–H and O–H groups in total. The van der Waals surface area contributed by atoms with E-state index in [1.165, 1.54) is 6.07 Å². The van der Waals surface area contributed by atoms with E-state index in [-0.39, 0.29) is 17.7 Å². The van der Waals surface area contributed by atoms with Crippen LogP contribution in [0.5, 0.6) is 5.75 Å². The normalized spacial score (nSPS) is 20.7. The second kappa shape index (κ2) is 12.3. The fourth-order valence-corrected chi connectivity index (χ4v) is 6.30. The molecule has 43 heavy (non-hydrogen) atoms. The Labute approximate surface area is 261 Å². The van der Waals surface area contributed by atoms with Gasteiger partial charge in [0.05, 0.1) is 35.1 Å². The zero-order valence-electron chi connectivity index (χ0n) is 22.8. The van der Waals surface area contributed by atoms with Crippen LogP contribution in [0.4, 0.5) is 13.2 Å². The fraction of sp³-hybridized carbons (Fsp3) is 0.323. The first kappa shape index (κ1) is 30.2. The van der Waals surface area contributed by atoms with Crippen molar-refractivity contribution in [2.75, 3.05) is 19.8 Å². The van der Waals surface area contributed by atoms with E-state index in [4.69, 9.17) is 49.0 Å². The maximum absolute atomic E-state index is 13.3. The van der Waals surface area contributed by atoms with Gasteiger partial charge in [-0.1, -0.05) is 53.0 Å². The molecule has 0 aliphatic carbocycles. The van der Waals surface area contributed by atoms with Gasteiger partial charge < -0.3 is 18.8 Å². The lowest BCUT2D eigenvalue weighted by molar-refractivity contribution is -0.189. The molecule has 1 aromatic heterocycles. The molecule has 2 atom stereocenters. The predicted octanol–water partition coefficient (Wildman–Crippen LogP) is 7.77. The Morgan fingerprint density at radius 3 is 2.63 bits per heavy atom. The van der Waals surface area contributed by atoms with Crippen molar-refractivity contribution in [2.24, 2.45) is 0 Å². The molecule has 3 aromatic carbocycles. The fourth-order valence-electron chi connectivity index (χ4n) is 5.52. The average Bonchev–Trinajstić information content (AvgIpc) is 3.63. The summed E-state index contributed by atoms with van der Waals surface area (Å²) in [5.41, 5.74) is 2.69. The number of ether oxygens (including phenoxy) is 3. The van der Waals surface area contributed by atoms with Crippen molar-refractivity contribution in [1.29, 1.82) is 0 Å². The molecule has 226 valence electrons. The molecule has 0 spiro atoms. The molecular formula is C31H27Cl3F3N3O3. The Morgan fingerprint density at radius 2 is 1.86 bits per heavy atom. The van der Waals surface area contributed by atoms with Crippen molar-refractivity contribution in [3.8, 4) is 5.75 Å². The second-order valence-electron chi connectivity index (χ2n) is 10.7. The molecule has 0 radical (unpaired) electrons. The van der Waals surface area contributed by atoms with Crippen LogP contribution in [-0.2, 0) is 47.5 Å². The van der Waals surface area contributed by atoms with Gasteiger partial charge in [0.25, 0.3) is 0 Å². The van der Waals surface area contributed by atoms with E-state index in [9.17, 15) is 13.2 Å². The molecule has 12 heteroatoms. The summed E-state index contributed by atoms with van der Waals surface area (Å²) in [6, 6.07) is 15.2. The third-order valence-corrected chi connectivity index (χ3v) is 8.48. The molecule has 3 heterocycles. The van der Waals surface area contributed by atoms with Crippen LogP contribution in [0.2, 0.25) is 15.1 Å². The molecule has 2 aliphatic heterocycles. The highest BCUT2D eigenvalue weighted by molar-refractivity contribution is 6.35. The lowest BCUT2D eigenvalue weighted by atomic mass is 9.98. The van der Waals surface area contributed by atoms with Gasteiger partial charge in [-0.05, 0) is 59.5 Å². The zero-order chi connectivity index (χ0) is 30.2. The summed E-state index contributed by atoms with van der Waals surface area (Å²) in [6.45, 7) is 2.63. The third-order valence-electron chi connectivity index (χ3n) is 7.60. The highest BCUT2D eigenvalue weighted by Crippen LogP contribution is 2.41. The third kappa shape index (κ3) is 6.82. The summed E-state index contributed by atoms with van der Waals surface area (Å²) in [6.07, 6.45) is 1.10. The van der Waals surface area contributed by atoms with Crippen LogP contribution in [0.25, 0.3) is 0 Å². The molecule has 2 unspecified atom stereocenters. The lowest BCUT2D eigenvalue weighted by Gasteiger charge is -2.30. The van der Waals surface area contributed by atoms with E-state index in [1.54, 1.807) is 36.8 Å². The number of benzene rings is 3. The van der Waals surface area contributed by atoms with Gasteiger partial charge >= 0.3 is 6.18 Å². The van der Waals surface area contributed by atoms with Crippen LogP contribution < -0.4 is 4.74 Å². The Morgan fingerprint density at radius 1 is 1.00 bits per heavy atom. The zero-order valence-corrected chi connectivity index (χ0v) is 25.1. The largest absolute Gasteiger partial charge is 0.491 e. The van der Waals surface area contributed by atoms with Crippen LogP contribution in [0.1, 0.15) is 27.8 Å². The number of imidazole rings is 1. The number of halogens is 6. The van der Waals surface area contributed by atoms with Gasteiger partial charge in [-0.25, -0.2) is 4.98 Å². The molecule has 1 fully saturated rings. The Bertz CT molecular complexity index is 1600. The number of alkyl halides is 3. The maximum atomic E-state index is 13.3. The molecule has 6 nitrogen and oxygen atoms in total. The summed E-state index contributed by atoms with van der Waals surface area (Å²) in [5, 5.41) is 0.662. The summed E-state index contributed by atoms with van der Waals surface area (Å²) in [4.78, 5) is 6.24. The predicted molar refractivity (Wildman–Crippen MR) is 157 cm³/mol. The minimum absolute atomic E-state index is 0.264. The van der Waals surface area contributed by atoms with Crippen molar-refractivity contribution in [1.82, 2.24) is 14.5 Å². The van der Waals surface area contributed by atoms with Gasteiger partial charge in [-0.3, -0.25) is 4.90 Å². The SMILES string of the molecule is FC(F)(F)c1cc(CN2CCc3cc(OCC4COC(Cn5ccnc5)(c5ccc(Cl)cc5Cl)O4)ccc3C2)ccc1Cl. The van der Waals surface area contributed by atoms with Crippen molar-refractivity contribution < 1.29 is 27.4 Å². The quantitative estimate of drug-likeness (QED) is 0.195. The van der Waals surface area contributed by atoms with Gasteiger partial charge in [0.15, 0.2) is 0 Å². The first-order valence-corrected chi connectivity index (χ1v) is 14.8. The van der Waals surface area contributed by atoms with E-state index < -0.39 is 17.5 Å². The second-order valence-corrected chi connectivity index (χ2v) is 11.9. The van der Waals surface area contributed by atoms with E-state index >= 15 is 0 Å². The highest BCUT2D eigenvalue weighted by Gasteiger charge is 2.45. The van der Waals surface area contributed by atoms with Crippen LogP contribution in [0, 0.1) is 0 Å². The number of hydrogen-bond acceptors (Lipinski definition) is 5. The van der Waals surface area contributed by atoms with Crippen LogP contribution in [-0.4, -0.2) is 40.3 Å². The Balaban J connectivity index is 1.09. The minimum atomic E-state index is -4.49. The minimum Gasteiger partial charge on any atom is -0.491 e. The number of fused-ring (bicyclic) bond motifs is 1. The van der Waals surface area contributed by atoms with E-state index in [0.29, 0.717) is 59.7 Å². The van der Waals surface area contributed by atoms with Crippen LogP contribution in [0.3, 0.4) is 0 Å². The van der Waals surface area contributed by atoms with Gasteiger partial charge in [0, 0.05) is 42.6 Å². The highest BCUT2D eigenvalue weighted by atomic mass is 35.5. The first-order chi connectivity index (χ1) is 20.6. The number of hydrogen-bond donors (Lipinski definition) is 0.